The zero-order valence-corrected chi connectivity index (χ0v) is 15.8. The summed E-state index contributed by atoms with van der Waals surface area (Å²) in [7, 11) is -0.210. The van der Waals surface area contributed by atoms with E-state index in [9.17, 15) is 0 Å². The molecule has 2 fully saturated rings. The topological polar surface area (TPSA) is 36.9 Å². The summed E-state index contributed by atoms with van der Waals surface area (Å²) in [6.45, 7) is 11.3. The number of ether oxygens (including phenoxy) is 2. The molecule has 24 heavy (non-hydrogen) atoms. The summed E-state index contributed by atoms with van der Waals surface area (Å²) in [5, 5.41) is 0. The highest BCUT2D eigenvalue weighted by Gasteiger charge is 2.59. The van der Waals surface area contributed by atoms with Crippen molar-refractivity contribution >= 4 is 7.12 Å². The maximum atomic E-state index is 6.62. The molecule has 0 saturated carbocycles. The molecule has 0 bridgehead atoms. The Bertz CT molecular complexity index is 430. The SMILES string of the molecule is CCC1(CC)OB(C2=CC(C3CCOC3)OCC2)OC1(CC)CC. The van der Waals surface area contributed by atoms with Gasteiger partial charge in [-0.2, -0.15) is 0 Å². The molecule has 3 aliphatic rings. The van der Waals surface area contributed by atoms with Gasteiger partial charge >= 0.3 is 7.12 Å². The van der Waals surface area contributed by atoms with Crippen molar-refractivity contribution in [3.63, 3.8) is 0 Å². The maximum Gasteiger partial charge on any atom is 0.490 e. The molecular formula is C19H33BO4. The minimum absolute atomic E-state index is 0.152. The van der Waals surface area contributed by atoms with E-state index in [0.29, 0.717) is 5.92 Å². The van der Waals surface area contributed by atoms with E-state index < -0.39 is 0 Å². The molecule has 0 aromatic heterocycles. The van der Waals surface area contributed by atoms with Crippen molar-refractivity contribution in [1.29, 1.82) is 0 Å². The monoisotopic (exact) mass is 336 g/mol. The molecule has 0 amide bonds. The van der Waals surface area contributed by atoms with Crippen molar-refractivity contribution in [1.82, 2.24) is 0 Å². The molecule has 3 rings (SSSR count). The largest absolute Gasteiger partial charge is 0.490 e. The fourth-order valence-electron chi connectivity index (χ4n) is 4.86. The predicted molar refractivity (Wildman–Crippen MR) is 95.9 cm³/mol. The summed E-state index contributed by atoms with van der Waals surface area (Å²) >= 11 is 0. The molecule has 5 heteroatoms. The highest BCUT2D eigenvalue weighted by Crippen LogP contribution is 2.48. The number of hydrogen-bond acceptors (Lipinski definition) is 4. The number of hydrogen-bond donors (Lipinski definition) is 0. The predicted octanol–water partition coefficient (Wildman–Crippen LogP) is 3.93. The zero-order chi connectivity index (χ0) is 17.2. The molecule has 2 unspecified atom stereocenters. The Hall–Kier alpha value is -0.355. The van der Waals surface area contributed by atoms with Crippen LogP contribution in [0.25, 0.3) is 0 Å². The van der Waals surface area contributed by atoms with Gasteiger partial charge in [-0.05, 0) is 44.0 Å². The Labute approximate surface area is 147 Å². The van der Waals surface area contributed by atoms with Gasteiger partial charge in [0, 0.05) is 12.5 Å². The lowest BCUT2D eigenvalue weighted by Gasteiger charge is -2.42. The summed E-state index contributed by atoms with van der Waals surface area (Å²) in [4.78, 5) is 0. The second kappa shape index (κ2) is 7.49. The van der Waals surface area contributed by atoms with Crippen LogP contribution < -0.4 is 0 Å². The van der Waals surface area contributed by atoms with Gasteiger partial charge in [-0.1, -0.05) is 33.8 Å². The molecular weight excluding hydrogens is 303 g/mol. The van der Waals surface area contributed by atoms with Gasteiger partial charge in [-0.3, -0.25) is 0 Å². The number of rotatable bonds is 6. The molecule has 0 spiro atoms. The molecule has 0 radical (unpaired) electrons. The van der Waals surface area contributed by atoms with Gasteiger partial charge in [0.2, 0.25) is 0 Å². The Morgan fingerprint density at radius 3 is 2.12 bits per heavy atom. The van der Waals surface area contributed by atoms with Gasteiger partial charge in [0.05, 0.1) is 30.5 Å². The third kappa shape index (κ3) is 2.98. The van der Waals surface area contributed by atoms with E-state index in [1.807, 2.05) is 0 Å². The first kappa shape index (κ1) is 18.4. The summed E-state index contributed by atoms with van der Waals surface area (Å²) in [5.74, 6) is 0.478. The van der Waals surface area contributed by atoms with Crippen LogP contribution in [0, 0.1) is 5.92 Å². The summed E-state index contributed by atoms with van der Waals surface area (Å²) in [6, 6.07) is 0. The van der Waals surface area contributed by atoms with E-state index in [-0.39, 0.29) is 24.4 Å². The van der Waals surface area contributed by atoms with Gasteiger partial charge in [0.25, 0.3) is 0 Å². The van der Waals surface area contributed by atoms with Crippen LogP contribution in [0.2, 0.25) is 0 Å². The van der Waals surface area contributed by atoms with Crippen molar-refractivity contribution in [3.8, 4) is 0 Å². The third-order valence-electron chi connectivity index (χ3n) is 6.59. The van der Waals surface area contributed by atoms with E-state index in [2.05, 4.69) is 33.8 Å². The lowest BCUT2D eigenvalue weighted by atomic mass is 9.74. The molecule has 4 nitrogen and oxygen atoms in total. The Morgan fingerprint density at radius 1 is 1.00 bits per heavy atom. The van der Waals surface area contributed by atoms with E-state index in [1.165, 1.54) is 5.47 Å². The van der Waals surface area contributed by atoms with Crippen LogP contribution in [0.4, 0.5) is 0 Å². The highest BCUT2D eigenvalue weighted by molar-refractivity contribution is 6.54. The first-order valence-corrected chi connectivity index (χ1v) is 9.89. The molecule has 3 aliphatic heterocycles. The van der Waals surface area contributed by atoms with E-state index >= 15 is 0 Å². The minimum atomic E-state index is -0.210. The lowest BCUT2D eigenvalue weighted by Crippen LogP contribution is -2.50. The Kier molecular flexibility index (Phi) is 5.75. The fourth-order valence-corrected chi connectivity index (χ4v) is 4.86. The van der Waals surface area contributed by atoms with Gasteiger partial charge < -0.3 is 18.8 Å². The molecule has 136 valence electrons. The van der Waals surface area contributed by atoms with Crippen LogP contribution >= 0.6 is 0 Å². The van der Waals surface area contributed by atoms with E-state index in [1.54, 1.807) is 0 Å². The van der Waals surface area contributed by atoms with E-state index in [4.69, 9.17) is 18.8 Å². The normalized spacial score (nSPS) is 32.2. The van der Waals surface area contributed by atoms with Crippen molar-refractivity contribution < 1.29 is 18.8 Å². The second-order valence-electron chi connectivity index (χ2n) is 7.42. The third-order valence-corrected chi connectivity index (χ3v) is 6.59. The molecule has 0 aromatic rings. The molecule has 2 saturated heterocycles. The van der Waals surface area contributed by atoms with E-state index in [0.717, 1.165) is 58.3 Å². The molecule has 0 N–H and O–H groups in total. The average Bonchev–Trinajstić information content (AvgIpc) is 3.28. The molecule has 0 aromatic carbocycles. The second-order valence-corrected chi connectivity index (χ2v) is 7.42. The quantitative estimate of drug-likeness (QED) is 0.689. The van der Waals surface area contributed by atoms with Crippen LogP contribution in [-0.4, -0.2) is 44.2 Å². The molecule has 3 heterocycles. The molecule has 0 aliphatic carbocycles. The summed E-state index contributed by atoms with van der Waals surface area (Å²) < 4.78 is 24.8. The Morgan fingerprint density at radius 2 is 1.62 bits per heavy atom. The van der Waals surface area contributed by atoms with Gasteiger partial charge in [0.1, 0.15) is 0 Å². The molecule has 2 atom stereocenters. The average molecular weight is 336 g/mol. The highest BCUT2D eigenvalue weighted by atomic mass is 16.7. The lowest BCUT2D eigenvalue weighted by molar-refractivity contribution is -0.0601. The fraction of sp³-hybridized carbons (Fsp3) is 0.895. The smallest absolute Gasteiger partial charge is 0.399 e. The van der Waals surface area contributed by atoms with Crippen molar-refractivity contribution in [3.05, 3.63) is 11.5 Å². The van der Waals surface area contributed by atoms with Crippen molar-refractivity contribution in [2.45, 2.75) is 83.5 Å². The minimum Gasteiger partial charge on any atom is -0.399 e. The maximum absolute atomic E-state index is 6.62. The van der Waals surface area contributed by atoms with Gasteiger partial charge in [-0.25, -0.2) is 0 Å². The first-order chi connectivity index (χ1) is 11.6. The summed E-state index contributed by atoms with van der Waals surface area (Å²) in [5.41, 5.74) is 0.923. The van der Waals surface area contributed by atoms with Crippen molar-refractivity contribution in [2.75, 3.05) is 19.8 Å². The van der Waals surface area contributed by atoms with Crippen LogP contribution in [0.1, 0.15) is 66.2 Å². The Balaban J connectivity index is 1.81. The first-order valence-electron chi connectivity index (χ1n) is 9.89. The van der Waals surface area contributed by atoms with Gasteiger partial charge in [-0.15, -0.1) is 0 Å². The van der Waals surface area contributed by atoms with Crippen molar-refractivity contribution in [2.24, 2.45) is 5.92 Å². The standard InChI is InChI=1S/C19H33BO4/c1-5-18(6-2)19(7-3,8-4)24-20(23-18)16-10-12-22-17(13-16)15-9-11-21-14-15/h13,15,17H,5-12,14H2,1-4H3. The van der Waals surface area contributed by atoms with Crippen LogP contribution in [0.3, 0.4) is 0 Å². The van der Waals surface area contributed by atoms with Crippen LogP contribution in [-0.2, 0) is 18.8 Å². The zero-order valence-electron chi connectivity index (χ0n) is 15.8. The van der Waals surface area contributed by atoms with Crippen LogP contribution in [0.5, 0.6) is 0 Å². The summed E-state index contributed by atoms with van der Waals surface area (Å²) in [6.07, 6.45) is 8.38. The van der Waals surface area contributed by atoms with Crippen LogP contribution in [0.15, 0.2) is 11.5 Å². The van der Waals surface area contributed by atoms with Gasteiger partial charge in [0.15, 0.2) is 0 Å².